The van der Waals surface area contributed by atoms with Gasteiger partial charge >= 0.3 is 0 Å². The Bertz CT molecular complexity index is 1280. The van der Waals surface area contributed by atoms with E-state index in [4.69, 9.17) is 0 Å². The van der Waals surface area contributed by atoms with Gasteiger partial charge in [0, 0.05) is 35.2 Å². The van der Waals surface area contributed by atoms with Gasteiger partial charge < -0.3 is 9.55 Å². The van der Waals surface area contributed by atoms with E-state index in [9.17, 15) is 9.59 Å². The number of para-hydroxylation sites is 2. The first kappa shape index (κ1) is 15.7. The predicted octanol–water partition coefficient (Wildman–Crippen LogP) is 3.59. The van der Waals surface area contributed by atoms with E-state index in [0.717, 1.165) is 46.8 Å². The van der Waals surface area contributed by atoms with E-state index >= 15 is 0 Å². The Morgan fingerprint density at radius 2 is 1.68 bits per heavy atom. The van der Waals surface area contributed by atoms with Gasteiger partial charge in [-0.1, -0.05) is 36.4 Å². The lowest BCUT2D eigenvalue weighted by Crippen LogP contribution is -2.21. The maximum Gasteiger partial charge on any atom is 0.235 e. The highest BCUT2D eigenvalue weighted by molar-refractivity contribution is 6.13. The number of carbonyl (C=O) groups is 2. The van der Waals surface area contributed by atoms with E-state index in [0.29, 0.717) is 0 Å². The number of nitrogens with zero attached hydrogens (tertiary/aromatic N) is 1. The van der Waals surface area contributed by atoms with Gasteiger partial charge in [-0.25, -0.2) is 0 Å². The predicted molar refractivity (Wildman–Crippen MR) is 107 cm³/mol. The van der Waals surface area contributed by atoms with E-state index in [1.165, 1.54) is 11.1 Å². The Morgan fingerprint density at radius 3 is 2.57 bits per heavy atom. The Labute approximate surface area is 161 Å². The zero-order valence-corrected chi connectivity index (χ0v) is 15.2. The molecular weight excluding hydrogens is 350 g/mol. The van der Waals surface area contributed by atoms with Crippen LogP contribution in [0, 0.1) is 0 Å². The molecule has 2 aromatic carbocycles. The minimum absolute atomic E-state index is 0.205. The quantitative estimate of drug-likeness (QED) is 0.530. The average molecular weight is 369 g/mol. The second-order valence-corrected chi connectivity index (χ2v) is 7.79. The van der Waals surface area contributed by atoms with Gasteiger partial charge in [0.15, 0.2) is 0 Å². The van der Waals surface area contributed by atoms with Crippen molar-refractivity contribution in [2.75, 3.05) is 0 Å². The molecule has 5 heteroatoms. The number of fused-ring (bicyclic) bond motifs is 1. The summed E-state index contributed by atoms with van der Waals surface area (Å²) < 4.78 is 2.26. The van der Waals surface area contributed by atoms with Crippen LogP contribution in [0.4, 0.5) is 0 Å². The summed E-state index contributed by atoms with van der Waals surface area (Å²) in [4.78, 5) is 29.0. The van der Waals surface area contributed by atoms with Gasteiger partial charge in [-0.05, 0) is 35.6 Å². The molecular formula is C23H19N3O2. The highest BCUT2D eigenvalue weighted by Crippen LogP contribution is 2.44. The molecule has 1 saturated heterocycles. The summed E-state index contributed by atoms with van der Waals surface area (Å²) in [6.45, 7) is 0.952. The lowest BCUT2D eigenvalue weighted by Gasteiger charge is -2.15. The van der Waals surface area contributed by atoms with Gasteiger partial charge in [0.25, 0.3) is 0 Å². The number of hydrogen-bond donors (Lipinski definition) is 2. The van der Waals surface area contributed by atoms with Crippen LogP contribution in [0.2, 0.25) is 0 Å². The molecule has 5 nitrogen and oxygen atoms in total. The van der Waals surface area contributed by atoms with Gasteiger partial charge in [0.2, 0.25) is 11.8 Å². The van der Waals surface area contributed by atoms with Crippen LogP contribution < -0.4 is 5.32 Å². The molecule has 0 saturated carbocycles. The van der Waals surface area contributed by atoms with Crippen molar-refractivity contribution in [3.8, 4) is 0 Å². The van der Waals surface area contributed by atoms with Crippen LogP contribution in [-0.2, 0) is 22.6 Å². The fourth-order valence-electron chi connectivity index (χ4n) is 5.10. The minimum atomic E-state index is -0.521. The number of imide groups is 1. The third-order valence-corrected chi connectivity index (χ3v) is 6.29. The van der Waals surface area contributed by atoms with Gasteiger partial charge in [-0.15, -0.1) is 0 Å². The molecule has 1 unspecified atom stereocenters. The number of H-pyrrole nitrogens is 1. The molecule has 2 aliphatic rings. The minimum Gasteiger partial charge on any atom is -0.361 e. The number of aryl methyl sites for hydroxylation is 2. The number of aromatic amines is 1. The average Bonchev–Trinajstić information content (AvgIpc) is 3.37. The molecule has 1 fully saturated rings. The standard InChI is InChI=1S/C23H19N3O2/c27-22-19(16-11-24-18-9-2-1-7-14(16)18)20(23(28)25-22)17-12-26-10-4-6-13-5-3-8-15(17)21(13)26/h1-3,5,7-9,11-12,19-20,24H,4,6,10H2,(H,25,27,28)/t19-,20?/m1/s1. The Hall–Kier alpha value is -3.34. The summed E-state index contributed by atoms with van der Waals surface area (Å²) >= 11 is 0. The van der Waals surface area contributed by atoms with Crippen LogP contribution in [0.5, 0.6) is 0 Å². The lowest BCUT2D eigenvalue weighted by molar-refractivity contribution is -0.125. The molecule has 2 N–H and O–H groups in total. The summed E-state index contributed by atoms with van der Waals surface area (Å²) in [6.07, 6.45) is 6.13. The normalized spacial score (nSPS) is 21.6. The number of hydrogen-bond acceptors (Lipinski definition) is 2. The molecule has 0 aliphatic carbocycles. The topological polar surface area (TPSA) is 66.9 Å². The summed E-state index contributed by atoms with van der Waals surface area (Å²) in [5.74, 6) is -1.45. The van der Waals surface area contributed by atoms with E-state index in [-0.39, 0.29) is 11.8 Å². The van der Waals surface area contributed by atoms with Crippen molar-refractivity contribution in [1.82, 2.24) is 14.9 Å². The number of aromatic nitrogens is 2. The summed E-state index contributed by atoms with van der Waals surface area (Å²) in [5, 5.41) is 4.68. The maximum absolute atomic E-state index is 12.9. The Morgan fingerprint density at radius 1 is 0.893 bits per heavy atom. The van der Waals surface area contributed by atoms with Gasteiger partial charge in [-0.3, -0.25) is 14.9 Å². The first-order valence-electron chi connectivity index (χ1n) is 9.74. The van der Waals surface area contributed by atoms with Gasteiger partial charge in [-0.2, -0.15) is 0 Å². The molecule has 0 bridgehead atoms. The first-order chi connectivity index (χ1) is 13.7. The molecule has 2 aromatic heterocycles. The van der Waals surface area contributed by atoms with E-state index < -0.39 is 11.8 Å². The highest BCUT2D eigenvalue weighted by atomic mass is 16.2. The molecule has 6 rings (SSSR count). The van der Waals surface area contributed by atoms with Gasteiger partial charge in [0.1, 0.15) is 0 Å². The largest absolute Gasteiger partial charge is 0.361 e. The first-order valence-corrected chi connectivity index (χ1v) is 9.74. The van der Waals surface area contributed by atoms with Crippen molar-refractivity contribution in [2.24, 2.45) is 0 Å². The van der Waals surface area contributed by atoms with Crippen LogP contribution in [-0.4, -0.2) is 21.4 Å². The molecule has 2 amide bonds. The highest BCUT2D eigenvalue weighted by Gasteiger charge is 2.45. The zero-order valence-electron chi connectivity index (χ0n) is 15.2. The van der Waals surface area contributed by atoms with Crippen molar-refractivity contribution in [1.29, 1.82) is 0 Å². The molecule has 2 aliphatic heterocycles. The monoisotopic (exact) mass is 369 g/mol. The number of carbonyl (C=O) groups excluding carboxylic acids is 2. The van der Waals surface area contributed by atoms with Crippen LogP contribution >= 0.6 is 0 Å². The second kappa shape index (κ2) is 5.58. The van der Waals surface area contributed by atoms with Crippen molar-refractivity contribution in [3.63, 3.8) is 0 Å². The molecule has 4 aromatic rings. The van der Waals surface area contributed by atoms with Crippen LogP contribution in [0.25, 0.3) is 21.8 Å². The SMILES string of the molecule is O=C1NC(=O)[C@H](c2c[nH]c3ccccc23)C1c1cn2c3c(cccc13)CCC2. The number of nitrogens with one attached hydrogen (secondary N) is 2. The van der Waals surface area contributed by atoms with Gasteiger partial charge in [0.05, 0.1) is 17.4 Å². The van der Waals surface area contributed by atoms with Crippen molar-refractivity contribution in [2.45, 2.75) is 31.2 Å². The fourth-order valence-corrected chi connectivity index (χ4v) is 5.10. The molecule has 28 heavy (non-hydrogen) atoms. The third kappa shape index (κ3) is 2.01. The molecule has 138 valence electrons. The Kier molecular flexibility index (Phi) is 3.13. The Balaban J connectivity index is 1.58. The maximum atomic E-state index is 12.9. The molecule has 0 radical (unpaired) electrons. The van der Waals surface area contributed by atoms with Crippen molar-refractivity contribution >= 4 is 33.6 Å². The molecule has 4 heterocycles. The van der Waals surface area contributed by atoms with Crippen LogP contribution in [0.15, 0.2) is 54.9 Å². The molecule has 2 atom stereocenters. The summed E-state index contributed by atoms with van der Waals surface area (Å²) in [5.41, 5.74) is 5.36. The lowest BCUT2D eigenvalue weighted by atomic mass is 9.83. The van der Waals surface area contributed by atoms with Crippen LogP contribution in [0.3, 0.4) is 0 Å². The number of benzene rings is 2. The third-order valence-electron chi connectivity index (χ3n) is 6.29. The molecule has 0 spiro atoms. The second-order valence-electron chi connectivity index (χ2n) is 7.79. The van der Waals surface area contributed by atoms with Crippen LogP contribution in [0.1, 0.15) is 34.9 Å². The number of rotatable bonds is 2. The van der Waals surface area contributed by atoms with E-state index in [1.54, 1.807) is 0 Å². The fraction of sp³-hybridized carbons (Fsp3) is 0.217. The summed E-state index contributed by atoms with van der Waals surface area (Å²) in [7, 11) is 0. The number of amides is 2. The summed E-state index contributed by atoms with van der Waals surface area (Å²) in [6, 6.07) is 14.2. The van der Waals surface area contributed by atoms with Crippen molar-refractivity contribution in [3.05, 3.63) is 71.5 Å². The van der Waals surface area contributed by atoms with Crippen molar-refractivity contribution < 1.29 is 9.59 Å². The smallest absolute Gasteiger partial charge is 0.235 e. The van der Waals surface area contributed by atoms with E-state index in [2.05, 4.69) is 39.3 Å². The van der Waals surface area contributed by atoms with E-state index in [1.807, 2.05) is 30.5 Å². The zero-order chi connectivity index (χ0) is 18.8.